The zero-order valence-corrected chi connectivity index (χ0v) is 12.9. The maximum atomic E-state index is 12.4. The molecule has 1 saturated carbocycles. The van der Waals surface area contributed by atoms with Crippen LogP contribution in [0.15, 0.2) is 35.2 Å². The molecule has 23 heavy (non-hydrogen) atoms. The van der Waals surface area contributed by atoms with Gasteiger partial charge in [-0.1, -0.05) is 36.6 Å². The molecule has 2 N–H and O–H groups in total. The number of aliphatic hydroxyl groups excluding tert-OH is 1. The van der Waals surface area contributed by atoms with Crippen molar-refractivity contribution in [1.29, 1.82) is 0 Å². The molecule has 2 unspecified atom stereocenters. The summed E-state index contributed by atoms with van der Waals surface area (Å²) in [6, 6.07) is 7.16. The molecule has 1 fully saturated rings. The Morgan fingerprint density at radius 1 is 1.22 bits per heavy atom. The SMILES string of the molecule is O=C(NC1CCCCCC1CO)c1ccc(-c2ncon2)cc1. The van der Waals surface area contributed by atoms with Gasteiger partial charge in [-0.3, -0.25) is 4.79 Å². The lowest BCUT2D eigenvalue weighted by Gasteiger charge is -2.24. The smallest absolute Gasteiger partial charge is 0.251 e. The van der Waals surface area contributed by atoms with Crippen molar-refractivity contribution in [3.63, 3.8) is 0 Å². The van der Waals surface area contributed by atoms with Gasteiger partial charge >= 0.3 is 0 Å². The van der Waals surface area contributed by atoms with Gasteiger partial charge in [-0.25, -0.2) is 0 Å². The van der Waals surface area contributed by atoms with Crippen molar-refractivity contribution in [3.8, 4) is 11.4 Å². The van der Waals surface area contributed by atoms with Crippen LogP contribution in [0.1, 0.15) is 42.5 Å². The highest BCUT2D eigenvalue weighted by Crippen LogP contribution is 2.23. The van der Waals surface area contributed by atoms with Gasteiger partial charge in [0.25, 0.3) is 5.91 Å². The molecule has 1 aromatic carbocycles. The van der Waals surface area contributed by atoms with Gasteiger partial charge in [0.15, 0.2) is 0 Å². The van der Waals surface area contributed by atoms with Crippen molar-refractivity contribution >= 4 is 5.91 Å². The molecule has 1 aliphatic rings. The Balaban J connectivity index is 1.67. The topological polar surface area (TPSA) is 88.2 Å². The second-order valence-corrected chi connectivity index (χ2v) is 5.99. The van der Waals surface area contributed by atoms with Crippen LogP contribution in [0.5, 0.6) is 0 Å². The van der Waals surface area contributed by atoms with Crippen LogP contribution < -0.4 is 5.32 Å². The van der Waals surface area contributed by atoms with Crippen LogP contribution in [0.3, 0.4) is 0 Å². The first-order valence-corrected chi connectivity index (χ1v) is 8.06. The van der Waals surface area contributed by atoms with E-state index in [0.29, 0.717) is 11.4 Å². The summed E-state index contributed by atoms with van der Waals surface area (Å²) in [5.41, 5.74) is 1.40. The van der Waals surface area contributed by atoms with Gasteiger partial charge in [-0.2, -0.15) is 4.98 Å². The van der Waals surface area contributed by atoms with Crippen LogP contribution in [0.4, 0.5) is 0 Å². The summed E-state index contributed by atoms with van der Waals surface area (Å²) in [4.78, 5) is 16.4. The highest BCUT2D eigenvalue weighted by molar-refractivity contribution is 5.94. The van der Waals surface area contributed by atoms with Crippen molar-refractivity contribution in [2.45, 2.75) is 38.1 Å². The summed E-state index contributed by atoms with van der Waals surface area (Å²) >= 11 is 0. The summed E-state index contributed by atoms with van der Waals surface area (Å²) in [5, 5.41) is 16.4. The number of carbonyl (C=O) groups excluding carboxylic acids is 1. The highest BCUT2D eigenvalue weighted by atomic mass is 16.5. The first-order valence-electron chi connectivity index (χ1n) is 8.06. The van der Waals surface area contributed by atoms with Gasteiger partial charge < -0.3 is 14.9 Å². The van der Waals surface area contributed by atoms with Crippen molar-refractivity contribution in [2.75, 3.05) is 6.61 Å². The second kappa shape index (κ2) is 7.37. The van der Waals surface area contributed by atoms with Crippen molar-refractivity contribution < 1.29 is 14.4 Å². The fourth-order valence-corrected chi connectivity index (χ4v) is 3.11. The van der Waals surface area contributed by atoms with Crippen LogP contribution >= 0.6 is 0 Å². The number of nitrogens with zero attached hydrogens (tertiary/aromatic N) is 2. The first-order chi connectivity index (χ1) is 11.3. The van der Waals surface area contributed by atoms with Crippen molar-refractivity contribution in [1.82, 2.24) is 15.5 Å². The highest BCUT2D eigenvalue weighted by Gasteiger charge is 2.24. The van der Waals surface area contributed by atoms with Gasteiger partial charge in [-0.15, -0.1) is 0 Å². The van der Waals surface area contributed by atoms with E-state index in [4.69, 9.17) is 4.52 Å². The van der Waals surface area contributed by atoms with E-state index in [1.807, 2.05) is 0 Å². The molecule has 0 saturated heterocycles. The van der Waals surface area contributed by atoms with E-state index in [0.717, 1.165) is 31.2 Å². The molecular formula is C17H21N3O3. The van der Waals surface area contributed by atoms with Gasteiger partial charge in [0.2, 0.25) is 12.2 Å². The van der Waals surface area contributed by atoms with E-state index < -0.39 is 0 Å². The van der Waals surface area contributed by atoms with Crippen LogP contribution in [0, 0.1) is 5.92 Å². The molecule has 0 bridgehead atoms. The number of hydrogen-bond donors (Lipinski definition) is 2. The molecule has 2 atom stereocenters. The predicted molar refractivity (Wildman–Crippen MR) is 84.6 cm³/mol. The molecule has 0 spiro atoms. The van der Waals surface area contributed by atoms with Crippen LogP contribution in [0.2, 0.25) is 0 Å². The molecule has 3 rings (SSSR count). The Labute approximate surface area is 134 Å². The van der Waals surface area contributed by atoms with Crippen LogP contribution in [-0.4, -0.2) is 33.8 Å². The quantitative estimate of drug-likeness (QED) is 0.846. The summed E-state index contributed by atoms with van der Waals surface area (Å²) < 4.78 is 4.72. The molecule has 1 heterocycles. The molecule has 1 aliphatic carbocycles. The maximum absolute atomic E-state index is 12.4. The van der Waals surface area contributed by atoms with Gasteiger partial charge in [0, 0.05) is 29.7 Å². The minimum atomic E-state index is -0.102. The lowest BCUT2D eigenvalue weighted by molar-refractivity contribution is 0.0899. The Morgan fingerprint density at radius 2 is 2.00 bits per heavy atom. The largest absolute Gasteiger partial charge is 0.396 e. The average Bonchev–Trinajstić information content (AvgIpc) is 3.03. The fourth-order valence-electron chi connectivity index (χ4n) is 3.11. The molecular weight excluding hydrogens is 294 g/mol. The van der Waals surface area contributed by atoms with E-state index in [2.05, 4.69) is 15.5 Å². The summed E-state index contributed by atoms with van der Waals surface area (Å²) in [7, 11) is 0. The molecule has 6 heteroatoms. The Kier molecular flexibility index (Phi) is 5.02. The number of amides is 1. The third kappa shape index (κ3) is 3.76. The number of rotatable bonds is 4. The Bertz CT molecular complexity index is 625. The van der Waals surface area contributed by atoms with E-state index in [1.54, 1.807) is 24.3 Å². The lowest BCUT2D eigenvalue weighted by atomic mass is 9.95. The monoisotopic (exact) mass is 315 g/mol. The zero-order valence-electron chi connectivity index (χ0n) is 12.9. The number of carbonyl (C=O) groups is 1. The normalized spacial score (nSPS) is 21.6. The zero-order chi connectivity index (χ0) is 16.1. The van der Waals surface area contributed by atoms with Gasteiger partial charge in [0.1, 0.15) is 0 Å². The molecule has 1 aromatic heterocycles. The summed E-state index contributed by atoms with van der Waals surface area (Å²) in [6.07, 6.45) is 6.56. The Morgan fingerprint density at radius 3 is 2.70 bits per heavy atom. The van der Waals surface area contributed by atoms with Crippen LogP contribution in [0.25, 0.3) is 11.4 Å². The molecule has 0 radical (unpaired) electrons. The fraction of sp³-hybridized carbons (Fsp3) is 0.471. The Hall–Kier alpha value is -2.21. The van der Waals surface area contributed by atoms with Crippen molar-refractivity contribution in [3.05, 3.63) is 36.2 Å². The third-order valence-electron chi connectivity index (χ3n) is 4.48. The number of hydrogen-bond acceptors (Lipinski definition) is 5. The average molecular weight is 315 g/mol. The van der Waals surface area contributed by atoms with E-state index in [1.165, 1.54) is 12.8 Å². The van der Waals surface area contributed by atoms with Gasteiger partial charge in [-0.05, 0) is 25.0 Å². The van der Waals surface area contributed by atoms with E-state index in [9.17, 15) is 9.90 Å². The van der Waals surface area contributed by atoms with E-state index >= 15 is 0 Å². The number of nitrogens with one attached hydrogen (secondary N) is 1. The maximum Gasteiger partial charge on any atom is 0.251 e. The first kappa shape index (κ1) is 15.7. The minimum Gasteiger partial charge on any atom is -0.396 e. The second-order valence-electron chi connectivity index (χ2n) is 5.99. The molecule has 122 valence electrons. The molecule has 2 aromatic rings. The predicted octanol–water partition coefficient (Wildman–Crippen LogP) is 2.41. The van der Waals surface area contributed by atoms with Crippen molar-refractivity contribution in [2.24, 2.45) is 5.92 Å². The van der Waals surface area contributed by atoms with Crippen LogP contribution in [-0.2, 0) is 0 Å². The number of benzene rings is 1. The molecule has 6 nitrogen and oxygen atoms in total. The summed E-state index contributed by atoms with van der Waals surface area (Å²) in [6.45, 7) is 0.127. The third-order valence-corrected chi connectivity index (χ3v) is 4.48. The summed E-state index contributed by atoms with van der Waals surface area (Å²) in [5.74, 6) is 0.552. The number of aromatic nitrogens is 2. The number of aliphatic hydroxyl groups is 1. The molecule has 0 aliphatic heterocycles. The van der Waals surface area contributed by atoms with E-state index in [-0.39, 0.29) is 24.5 Å². The standard InChI is InChI=1S/C17H21N3O3/c21-10-14-4-2-1-3-5-15(14)19-17(22)13-8-6-12(7-9-13)16-18-11-23-20-16/h6-9,11,14-15,21H,1-5,10H2,(H,19,22). The lowest BCUT2D eigenvalue weighted by Crippen LogP contribution is -2.41. The van der Waals surface area contributed by atoms with Gasteiger partial charge in [0.05, 0.1) is 0 Å². The minimum absolute atomic E-state index is 0.0480. The molecule has 1 amide bonds.